The molecule has 1 heterocycles. The van der Waals surface area contributed by atoms with Crippen molar-refractivity contribution in [2.24, 2.45) is 0 Å². The van der Waals surface area contributed by atoms with Crippen molar-refractivity contribution < 1.29 is 18.3 Å². The minimum atomic E-state index is -4.59. The Morgan fingerprint density at radius 3 is 2.21 bits per heavy atom. The molecule has 0 spiro atoms. The van der Waals surface area contributed by atoms with E-state index in [1.807, 2.05) is 6.92 Å². The van der Waals surface area contributed by atoms with Gasteiger partial charge in [-0.15, -0.1) is 0 Å². The van der Waals surface area contributed by atoms with Crippen LogP contribution in [0.5, 0.6) is 0 Å². The van der Waals surface area contributed by atoms with Crippen LogP contribution >= 0.6 is 0 Å². The summed E-state index contributed by atoms with van der Waals surface area (Å²) in [6.45, 7) is 2.74. The van der Waals surface area contributed by atoms with Crippen LogP contribution in [0.15, 0.2) is 6.07 Å². The van der Waals surface area contributed by atoms with Crippen molar-refractivity contribution in [1.29, 1.82) is 0 Å². The first-order valence-electron chi connectivity index (χ1n) is 6.02. The van der Waals surface area contributed by atoms with Crippen molar-refractivity contribution >= 4 is 11.6 Å². The summed E-state index contributed by atoms with van der Waals surface area (Å²) < 4.78 is 37.9. The lowest BCUT2D eigenvalue weighted by molar-refractivity contribution is -0.144. The molecule has 0 saturated carbocycles. The topological polar surface area (TPSA) is 70.1 Å². The number of halogens is 3. The van der Waals surface area contributed by atoms with Crippen LogP contribution in [0.25, 0.3) is 0 Å². The summed E-state index contributed by atoms with van der Waals surface area (Å²) in [6, 6.07) is 1.42. The second kappa shape index (κ2) is 7.13. The minimum Gasteiger partial charge on any atom is -0.396 e. The highest BCUT2D eigenvalue weighted by atomic mass is 19.4. The van der Waals surface area contributed by atoms with Crippen molar-refractivity contribution in [3.05, 3.63) is 11.9 Å². The standard InChI is InChI=1S/C11H17F3N4O/c1-2-4-15-8-7-9(16-5-3-6-19)18-10(17-8)11(12,13)14/h7,19H,2-6H2,1H3,(H2,15,16,17,18). The van der Waals surface area contributed by atoms with Crippen LogP contribution in [0.2, 0.25) is 0 Å². The van der Waals surface area contributed by atoms with Gasteiger partial charge < -0.3 is 15.7 Å². The SMILES string of the molecule is CCCNc1cc(NCCCO)nc(C(F)(F)F)n1. The lowest BCUT2D eigenvalue weighted by atomic mass is 10.4. The van der Waals surface area contributed by atoms with Gasteiger partial charge in [-0.3, -0.25) is 0 Å². The summed E-state index contributed by atoms with van der Waals surface area (Å²) in [5.74, 6) is -0.954. The van der Waals surface area contributed by atoms with Crippen molar-refractivity contribution in [2.45, 2.75) is 25.9 Å². The third kappa shape index (κ3) is 5.29. The Morgan fingerprint density at radius 1 is 1.16 bits per heavy atom. The normalized spacial score (nSPS) is 11.4. The second-order valence-corrected chi connectivity index (χ2v) is 3.89. The van der Waals surface area contributed by atoms with E-state index < -0.39 is 12.0 Å². The van der Waals surface area contributed by atoms with Crippen LogP contribution in [0.4, 0.5) is 24.8 Å². The van der Waals surface area contributed by atoms with E-state index in [0.29, 0.717) is 19.5 Å². The highest BCUT2D eigenvalue weighted by Crippen LogP contribution is 2.28. The summed E-state index contributed by atoms with van der Waals surface area (Å²) in [4.78, 5) is 6.85. The molecule has 0 radical (unpaired) electrons. The number of aliphatic hydroxyl groups excluding tert-OH is 1. The van der Waals surface area contributed by atoms with Gasteiger partial charge in [-0.1, -0.05) is 6.92 Å². The Bertz CT molecular complexity index is 398. The molecule has 5 nitrogen and oxygen atoms in total. The Hall–Kier alpha value is -1.57. The minimum absolute atomic E-state index is 0.0366. The Balaban J connectivity index is 2.89. The summed E-state index contributed by atoms with van der Waals surface area (Å²) in [6.07, 6.45) is -3.38. The largest absolute Gasteiger partial charge is 0.451 e. The summed E-state index contributed by atoms with van der Waals surface area (Å²) in [5, 5.41) is 14.2. The Morgan fingerprint density at radius 2 is 1.74 bits per heavy atom. The van der Waals surface area contributed by atoms with E-state index in [-0.39, 0.29) is 18.2 Å². The predicted molar refractivity (Wildman–Crippen MR) is 66.0 cm³/mol. The first kappa shape index (κ1) is 15.5. The number of alkyl halides is 3. The van der Waals surface area contributed by atoms with Gasteiger partial charge in [-0.05, 0) is 12.8 Å². The molecule has 0 fully saturated rings. The smallest absolute Gasteiger partial charge is 0.396 e. The average Bonchev–Trinajstić information content (AvgIpc) is 2.35. The highest BCUT2D eigenvalue weighted by Gasteiger charge is 2.35. The molecule has 0 aliphatic carbocycles. The Kier molecular flexibility index (Phi) is 5.81. The van der Waals surface area contributed by atoms with Gasteiger partial charge in [-0.2, -0.15) is 13.2 Å². The molecule has 0 amide bonds. The third-order valence-electron chi connectivity index (χ3n) is 2.18. The van der Waals surface area contributed by atoms with E-state index in [0.717, 1.165) is 6.42 Å². The van der Waals surface area contributed by atoms with Crippen LogP contribution in [0.3, 0.4) is 0 Å². The van der Waals surface area contributed by atoms with Gasteiger partial charge in [0.05, 0.1) is 0 Å². The zero-order valence-electron chi connectivity index (χ0n) is 10.6. The number of aliphatic hydroxyl groups is 1. The van der Waals surface area contributed by atoms with E-state index >= 15 is 0 Å². The maximum Gasteiger partial charge on any atom is 0.451 e. The summed E-state index contributed by atoms with van der Waals surface area (Å²) >= 11 is 0. The van der Waals surface area contributed by atoms with Crippen molar-refractivity contribution in [3.63, 3.8) is 0 Å². The molecule has 1 aromatic heterocycles. The number of anilines is 2. The second-order valence-electron chi connectivity index (χ2n) is 3.89. The lowest BCUT2D eigenvalue weighted by Crippen LogP contribution is -2.16. The zero-order valence-corrected chi connectivity index (χ0v) is 10.6. The molecule has 1 aromatic rings. The Labute approximate surface area is 109 Å². The zero-order chi connectivity index (χ0) is 14.3. The first-order valence-corrected chi connectivity index (χ1v) is 6.02. The van der Waals surface area contributed by atoms with Crippen LogP contribution in [0.1, 0.15) is 25.6 Å². The van der Waals surface area contributed by atoms with Gasteiger partial charge in [-0.25, -0.2) is 9.97 Å². The van der Waals surface area contributed by atoms with E-state index in [1.165, 1.54) is 6.07 Å². The molecule has 8 heteroatoms. The molecule has 0 bridgehead atoms. The van der Waals surface area contributed by atoms with Gasteiger partial charge in [0.25, 0.3) is 0 Å². The van der Waals surface area contributed by atoms with Crippen LogP contribution < -0.4 is 10.6 Å². The van der Waals surface area contributed by atoms with E-state index in [9.17, 15) is 13.2 Å². The molecular formula is C11H17F3N4O. The quantitative estimate of drug-likeness (QED) is 0.666. The van der Waals surface area contributed by atoms with Gasteiger partial charge >= 0.3 is 6.18 Å². The fourth-order valence-corrected chi connectivity index (χ4v) is 1.30. The van der Waals surface area contributed by atoms with Crippen LogP contribution in [-0.2, 0) is 6.18 Å². The summed E-state index contributed by atoms with van der Waals surface area (Å²) in [5.41, 5.74) is 0. The van der Waals surface area contributed by atoms with E-state index in [1.54, 1.807) is 0 Å². The molecular weight excluding hydrogens is 261 g/mol. The van der Waals surface area contributed by atoms with Gasteiger partial charge in [0.15, 0.2) is 0 Å². The maximum atomic E-state index is 12.6. The molecule has 0 aromatic carbocycles. The number of rotatable bonds is 7. The fraction of sp³-hybridized carbons (Fsp3) is 0.636. The fourth-order valence-electron chi connectivity index (χ4n) is 1.30. The van der Waals surface area contributed by atoms with Gasteiger partial charge in [0, 0.05) is 25.8 Å². The molecule has 1 rings (SSSR count). The number of nitrogens with zero attached hydrogens (tertiary/aromatic N) is 2. The van der Waals surface area contributed by atoms with Crippen molar-refractivity contribution in [1.82, 2.24) is 9.97 Å². The number of hydrogen-bond donors (Lipinski definition) is 3. The number of nitrogens with one attached hydrogen (secondary N) is 2. The number of hydrogen-bond acceptors (Lipinski definition) is 5. The predicted octanol–water partition coefficient (Wildman–Crippen LogP) is 2.11. The number of aromatic nitrogens is 2. The van der Waals surface area contributed by atoms with Crippen LogP contribution in [0, 0.1) is 0 Å². The van der Waals surface area contributed by atoms with Gasteiger partial charge in [0.2, 0.25) is 5.82 Å². The molecule has 0 atom stereocenters. The lowest BCUT2D eigenvalue weighted by Gasteiger charge is -2.12. The van der Waals surface area contributed by atoms with Crippen molar-refractivity contribution in [3.8, 4) is 0 Å². The molecule has 108 valence electrons. The first-order chi connectivity index (χ1) is 8.97. The maximum absolute atomic E-state index is 12.6. The molecule has 0 saturated heterocycles. The monoisotopic (exact) mass is 278 g/mol. The van der Waals surface area contributed by atoms with Crippen molar-refractivity contribution in [2.75, 3.05) is 30.3 Å². The average molecular weight is 278 g/mol. The summed E-state index contributed by atoms with van der Waals surface area (Å²) in [7, 11) is 0. The highest BCUT2D eigenvalue weighted by molar-refractivity contribution is 5.47. The molecule has 3 N–H and O–H groups in total. The molecule has 0 unspecified atom stereocenters. The molecule has 0 aliphatic heterocycles. The van der Waals surface area contributed by atoms with E-state index in [2.05, 4.69) is 20.6 Å². The third-order valence-corrected chi connectivity index (χ3v) is 2.18. The molecule has 0 aliphatic rings. The van der Waals surface area contributed by atoms with Gasteiger partial charge in [0.1, 0.15) is 11.6 Å². The van der Waals surface area contributed by atoms with E-state index in [4.69, 9.17) is 5.11 Å². The molecule has 19 heavy (non-hydrogen) atoms. The van der Waals surface area contributed by atoms with Crippen LogP contribution in [-0.4, -0.2) is 34.8 Å².